The second kappa shape index (κ2) is 12.1. The third kappa shape index (κ3) is 4.27. The highest BCUT2D eigenvalue weighted by Crippen LogP contribution is 2.60. The molecule has 5 aliphatic rings. The maximum Gasteiger partial charge on any atom is 0.248 e. The summed E-state index contributed by atoms with van der Waals surface area (Å²) < 4.78 is 6.60. The van der Waals surface area contributed by atoms with Crippen LogP contribution in [-0.4, -0.2) is 6.71 Å². The van der Waals surface area contributed by atoms with E-state index in [4.69, 9.17) is 4.42 Å². The predicted molar refractivity (Wildman–Crippen MR) is 277 cm³/mol. The lowest BCUT2D eigenvalue weighted by Gasteiger charge is -2.39. The summed E-state index contributed by atoms with van der Waals surface area (Å²) in [5, 5.41) is 2.31. The Hall–Kier alpha value is -7.36. The third-order valence-corrected chi connectivity index (χ3v) is 16.9. The lowest BCUT2D eigenvalue weighted by molar-refractivity contribution is 0.660. The lowest BCUT2D eigenvalue weighted by Crippen LogP contribution is -2.55. The lowest BCUT2D eigenvalue weighted by atomic mass is 9.36. The SMILES string of the molecule is CC1(C)c2ccccc2-c2c(N3c4cc(-c5cccc6oc7ccccc7c56)cc5c4B(c4ccc6c(c4-5)-c4ccccc4C6(C)C)c4ccc5c(c43)-c3ccccc3C5(C)C)cccc21. The molecule has 15 rings (SSSR count). The van der Waals surface area contributed by atoms with Crippen LogP contribution in [0.25, 0.3) is 77.6 Å². The van der Waals surface area contributed by atoms with Gasteiger partial charge in [-0.3, -0.25) is 0 Å². The molecule has 0 unspecified atom stereocenters. The fourth-order valence-corrected chi connectivity index (χ4v) is 13.9. The van der Waals surface area contributed by atoms with E-state index in [9.17, 15) is 0 Å². The van der Waals surface area contributed by atoms with Gasteiger partial charge in [-0.25, -0.2) is 0 Å². The van der Waals surface area contributed by atoms with Crippen LogP contribution >= 0.6 is 0 Å². The monoisotopic (exact) mass is 843 g/mol. The summed E-state index contributed by atoms with van der Waals surface area (Å²) in [4.78, 5) is 2.74. The number of hydrogen-bond acceptors (Lipinski definition) is 2. The number of benzene rings is 9. The first-order valence-electron chi connectivity index (χ1n) is 23.7. The smallest absolute Gasteiger partial charge is 0.248 e. The van der Waals surface area contributed by atoms with E-state index < -0.39 is 0 Å². The van der Waals surface area contributed by atoms with E-state index in [2.05, 4.69) is 216 Å². The van der Waals surface area contributed by atoms with Crippen molar-refractivity contribution in [3.05, 3.63) is 203 Å². The molecule has 3 heteroatoms. The van der Waals surface area contributed by atoms with Crippen molar-refractivity contribution in [3.63, 3.8) is 0 Å². The maximum atomic E-state index is 6.60. The molecule has 10 aromatic rings. The molecule has 0 saturated carbocycles. The van der Waals surface area contributed by atoms with Crippen molar-refractivity contribution in [3.8, 4) is 55.6 Å². The highest BCUT2D eigenvalue weighted by molar-refractivity contribution is 7.01. The highest BCUT2D eigenvalue weighted by Gasteiger charge is 2.50. The molecule has 0 saturated heterocycles. The predicted octanol–water partition coefficient (Wildman–Crippen LogP) is 14.5. The summed E-state index contributed by atoms with van der Waals surface area (Å²) in [7, 11) is 0. The van der Waals surface area contributed by atoms with Gasteiger partial charge >= 0.3 is 0 Å². The van der Waals surface area contributed by atoms with E-state index in [1.807, 2.05) is 0 Å². The van der Waals surface area contributed by atoms with Crippen LogP contribution in [0.2, 0.25) is 0 Å². The standard InChI is InChI=1S/C63H46BNO/c1-61(2)42-22-11-7-17-37(42)55-45(61)25-16-26-50(55)65-51-34-35(36-21-15-28-53-54(36)40-20-10-14-27-52(40)66-53)33-41-58-48(31-29-46-56(58)38-18-8-12-23-43(38)62(46,3)4)64(59(41)51)49-32-30-47-57(60(49)65)39-19-9-13-24-44(39)63(47,5)6/h7-34H,1-6H3. The number of anilines is 3. The molecular weight excluding hydrogens is 798 g/mol. The van der Waals surface area contributed by atoms with Crippen LogP contribution in [0.5, 0.6) is 0 Å². The van der Waals surface area contributed by atoms with E-state index in [-0.39, 0.29) is 23.0 Å². The second-order valence-electron chi connectivity index (χ2n) is 21.1. The molecule has 9 aromatic carbocycles. The Morgan fingerprint density at radius 2 is 0.924 bits per heavy atom. The first-order chi connectivity index (χ1) is 32.0. The maximum absolute atomic E-state index is 6.60. The van der Waals surface area contributed by atoms with Gasteiger partial charge in [-0.15, -0.1) is 0 Å². The molecule has 2 aliphatic heterocycles. The van der Waals surface area contributed by atoms with Gasteiger partial charge in [-0.05, 0) is 119 Å². The van der Waals surface area contributed by atoms with Crippen LogP contribution in [0.15, 0.2) is 174 Å². The molecule has 0 radical (unpaired) electrons. The van der Waals surface area contributed by atoms with Crippen LogP contribution in [0.4, 0.5) is 17.1 Å². The molecule has 0 amide bonds. The summed E-state index contributed by atoms with van der Waals surface area (Å²) in [6.07, 6.45) is 0. The van der Waals surface area contributed by atoms with E-state index in [1.165, 1.54) is 122 Å². The van der Waals surface area contributed by atoms with Crippen LogP contribution in [0.3, 0.4) is 0 Å². The molecule has 0 N–H and O–H groups in total. The minimum absolute atomic E-state index is 0.0404. The van der Waals surface area contributed by atoms with Crippen molar-refractivity contribution in [1.29, 1.82) is 0 Å². The Kier molecular flexibility index (Phi) is 6.77. The first-order valence-corrected chi connectivity index (χ1v) is 23.7. The van der Waals surface area contributed by atoms with E-state index >= 15 is 0 Å². The molecule has 0 atom stereocenters. The van der Waals surface area contributed by atoms with Gasteiger partial charge in [-0.1, -0.05) is 187 Å². The zero-order valence-electron chi connectivity index (χ0n) is 38.1. The van der Waals surface area contributed by atoms with Gasteiger partial charge in [0.05, 0.1) is 5.69 Å². The normalized spacial score (nSPS) is 16.3. The number of hydrogen-bond donors (Lipinski definition) is 0. The molecule has 3 heterocycles. The zero-order valence-corrected chi connectivity index (χ0v) is 38.1. The molecule has 1 aromatic heterocycles. The number of para-hydroxylation sites is 1. The molecule has 2 nitrogen and oxygen atoms in total. The average molecular weight is 844 g/mol. The van der Waals surface area contributed by atoms with Crippen LogP contribution < -0.4 is 21.3 Å². The van der Waals surface area contributed by atoms with Gasteiger partial charge in [0.2, 0.25) is 6.71 Å². The molecule has 3 aliphatic carbocycles. The Morgan fingerprint density at radius 3 is 1.64 bits per heavy atom. The van der Waals surface area contributed by atoms with Gasteiger partial charge in [0, 0.05) is 49.5 Å². The van der Waals surface area contributed by atoms with Crippen LogP contribution in [0.1, 0.15) is 74.9 Å². The van der Waals surface area contributed by atoms with Crippen LogP contribution in [-0.2, 0) is 16.2 Å². The van der Waals surface area contributed by atoms with Crippen molar-refractivity contribution >= 4 is 62.1 Å². The van der Waals surface area contributed by atoms with Crippen molar-refractivity contribution in [2.24, 2.45) is 0 Å². The summed E-state index contributed by atoms with van der Waals surface area (Å²) >= 11 is 0. The molecule has 66 heavy (non-hydrogen) atoms. The van der Waals surface area contributed by atoms with Crippen LogP contribution in [0, 0.1) is 0 Å². The number of rotatable bonds is 2. The van der Waals surface area contributed by atoms with E-state index in [1.54, 1.807) is 0 Å². The minimum Gasteiger partial charge on any atom is -0.456 e. The Balaban J connectivity index is 1.14. The van der Waals surface area contributed by atoms with Crippen molar-refractivity contribution in [2.75, 3.05) is 4.90 Å². The summed E-state index contributed by atoms with van der Waals surface area (Å²) in [5.41, 5.74) is 30.9. The zero-order chi connectivity index (χ0) is 44.2. The van der Waals surface area contributed by atoms with Crippen molar-refractivity contribution in [1.82, 2.24) is 0 Å². The van der Waals surface area contributed by atoms with E-state index in [0.717, 1.165) is 21.9 Å². The highest BCUT2D eigenvalue weighted by atomic mass is 16.3. The van der Waals surface area contributed by atoms with Gasteiger partial charge in [0.25, 0.3) is 0 Å². The first kappa shape index (κ1) is 36.9. The summed E-state index contributed by atoms with van der Waals surface area (Å²) in [6, 6.07) is 64.9. The fourth-order valence-electron chi connectivity index (χ4n) is 13.9. The van der Waals surface area contributed by atoms with Crippen molar-refractivity contribution < 1.29 is 4.42 Å². The Labute approximate surface area is 386 Å². The topological polar surface area (TPSA) is 16.4 Å². The summed E-state index contributed by atoms with van der Waals surface area (Å²) in [6.45, 7) is 14.5. The number of fused-ring (bicyclic) bond motifs is 19. The molecule has 0 spiro atoms. The summed E-state index contributed by atoms with van der Waals surface area (Å²) in [5.74, 6) is 0. The van der Waals surface area contributed by atoms with Gasteiger partial charge in [0.1, 0.15) is 11.2 Å². The van der Waals surface area contributed by atoms with Gasteiger partial charge < -0.3 is 9.32 Å². The molecule has 0 fully saturated rings. The molecular formula is C63H46BNO. The fraction of sp³-hybridized carbons (Fsp3) is 0.143. The number of nitrogens with zero attached hydrogens (tertiary/aromatic N) is 1. The quantitative estimate of drug-likeness (QED) is 0.161. The second-order valence-corrected chi connectivity index (χ2v) is 21.1. The molecule has 0 bridgehead atoms. The number of furan rings is 1. The van der Waals surface area contributed by atoms with Crippen molar-refractivity contribution in [2.45, 2.75) is 57.8 Å². The minimum atomic E-state index is -0.172. The molecule has 312 valence electrons. The van der Waals surface area contributed by atoms with E-state index in [0.29, 0.717) is 0 Å². The average Bonchev–Trinajstić information content (AvgIpc) is 4.07. The Bertz CT molecular complexity index is 3880. The van der Waals surface area contributed by atoms with Gasteiger partial charge in [0.15, 0.2) is 0 Å². The Morgan fingerprint density at radius 1 is 0.394 bits per heavy atom. The third-order valence-electron chi connectivity index (χ3n) is 16.9. The largest absolute Gasteiger partial charge is 0.456 e. The van der Waals surface area contributed by atoms with Gasteiger partial charge in [-0.2, -0.15) is 0 Å².